The zero-order valence-electron chi connectivity index (χ0n) is 15.3. The summed E-state index contributed by atoms with van der Waals surface area (Å²) in [4.78, 5) is 2.52. The van der Waals surface area contributed by atoms with Gasteiger partial charge in [0.2, 0.25) is 0 Å². The van der Waals surface area contributed by atoms with Gasteiger partial charge in [-0.05, 0) is 55.5 Å². The van der Waals surface area contributed by atoms with Gasteiger partial charge in [0.15, 0.2) is 0 Å². The summed E-state index contributed by atoms with van der Waals surface area (Å²) >= 11 is 1.56. The molecule has 0 radical (unpaired) electrons. The van der Waals surface area contributed by atoms with E-state index in [2.05, 4.69) is 57.1 Å². The van der Waals surface area contributed by atoms with Crippen molar-refractivity contribution in [2.45, 2.75) is 25.8 Å². The zero-order chi connectivity index (χ0) is 18.1. The van der Waals surface area contributed by atoms with Gasteiger partial charge in [-0.1, -0.05) is 30.3 Å². The van der Waals surface area contributed by atoms with Crippen molar-refractivity contribution in [3.8, 4) is 0 Å². The van der Waals surface area contributed by atoms with E-state index in [0.29, 0.717) is 0 Å². The first kappa shape index (κ1) is 16.8. The highest BCUT2D eigenvalue weighted by molar-refractivity contribution is 7.13. The second-order valence-electron chi connectivity index (χ2n) is 7.19. The Morgan fingerprint density at radius 3 is 2.85 bits per heavy atom. The van der Waals surface area contributed by atoms with Gasteiger partial charge in [-0.2, -0.15) is 4.37 Å². The first-order chi connectivity index (χ1) is 13.4. The molecule has 27 heavy (non-hydrogen) atoms. The van der Waals surface area contributed by atoms with Gasteiger partial charge in [0.05, 0.1) is 11.2 Å². The Morgan fingerprint density at radius 1 is 1.04 bits per heavy atom. The first-order valence-corrected chi connectivity index (χ1v) is 10.5. The van der Waals surface area contributed by atoms with Gasteiger partial charge in [-0.25, -0.2) is 0 Å². The molecule has 0 saturated heterocycles. The van der Waals surface area contributed by atoms with Crippen molar-refractivity contribution in [3.05, 3.63) is 59.9 Å². The number of nitrogens with one attached hydrogen (secondary N) is 1. The van der Waals surface area contributed by atoms with Crippen LogP contribution in [0.5, 0.6) is 0 Å². The molecule has 0 bridgehead atoms. The highest BCUT2D eigenvalue weighted by Gasteiger charge is 2.21. The Balaban J connectivity index is 1.12. The van der Waals surface area contributed by atoms with Crippen LogP contribution in [0, 0.1) is 0 Å². The van der Waals surface area contributed by atoms with Gasteiger partial charge < -0.3 is 9.73 Å². The summed E-state index contributed by atoms with van der Waals surface area (Å²) in [5.41, 5.74) is 2.45. The summed E-state index contributed by atoms with van der Waals surface area (Å²) in [7, 11) is 0. The lowest BCUT2D eigenvalue weighted by Gasteiger charge is -2.25. The number of benzene rings is 2. The van der Waals surface area contributed by atoms with Crippen LogP contribution in [-0.4, -0.2) is 28.9 Å². The minimum Gasteiger partial charge on any atom is -0.459 e. The van der Waals surface area contributed by atoms with Crippen LogP contribution in [0.15, 0.2) is 52.9 Å². The Bertz CT molecular complexity index is 1070. The fraction of sp³-hybridized carbons (Fsp3) is 0.318. The number of aromatic nitrogens is 1. The maximum Gasteiger partial charge on any atom is 0.147 e. The number of hydrogen-bond donors (Lipinski definition) is 1. The van der Waals surface area contributed by atoms with Gasteiger partial charge in [-0.3, -0.25) is 4.90 Å². The van der Waals surface area contributed by atoms with Gasteiger partial charge >= 0.3 is 0 Å². The lowest BCUT2D eigenvalue weighted by atomic mass is 10.0. The second kappa shape index (κ2) is 7.33. The first-order valence-electron chi connectivity index (χ1n) is 9.68. The molecule has 3 heterocycles. The lowest BCUT2D eigenvalue weighted by Crippen LogP contribution is -2.31. The Labute approximate surface area is 163 Å². The minimum atomic E-state index is 0.939. The molecular weight excluding hydrogens is 354 g/mol. The van der Waals surface area contributed by atoms with E-state index in [1.807, 2.05) is 6.07 Å². The number of hydrogen-bond acceptors (Lipinski definition) is 5. The van der Waals surface area contributed by atoms with E-state index in [1.54, 1.807) is 11.5 Å². The van der Waals surface area contributed by atoms with E-state index < -0.39 is 0 Å². The molecule has 0 aliphatic carbocycles. The molecule has 4 aromatic rings. The number of anilines is 1. The predicted octanol–water partition coefficient (Wildman–Crippen LogP) is 5.29. The van der Waals surface area contributed by atoms with Crippen LogP contribution < -0.4 is 5.32 Å². The summed E-state index contributed by atoms with van der Waals surface area (Å²) in [6.07, 6.45) is 3.43. The van der Waals surface area contributed by atoms with Crippen molar-refractivity contribution >= 4 is 38.4 Å². The van der Waals surface area contributed by atoms with Gasteiger partial charge in [-0.15, -0.1) is 0 Å². The van der Waals surface area contributed by atoms with Crippen LogP contribution in [0.4, 0.5) is 5.82 Å². The predicted molar refractivity (Wildman–Crippen MR) is 113 cm³/mol. The highest BCUT2D eigenvalue weighted by Crippen LogP contribution is 2.30. The fourth-order valence-electron chi connectivity index (χ4n) is 3.97. The van der Waals surface area contributed by atoms with E-state index in [4.69, 9.17) is 4.42 Å². The normalized spacial score (nSPS) is 14.7. The van der Waals surface area contributed by atoms with Crippen molar-refractivity contribution in [1.29, 1.82) is 0 Å². The van der Waals surface area contributed by atoms with Crippen LogP contribution in [0.3, 0.4) is 0 Å². The maximum absolute atomic E-state index is 6.08. The Morgan fingerprint density at radius 2 is 1.89 bits per heavy atom. The van der Waals surface area contributed by atoms with Crippen LogP contribution >= 0.6 is 11.5 Å². The van der Waals surface area contributed by atoms with Gasteiger partial charge in [0, 0.05) is 29.4 Å². The fourth-order valence-corrected chi connectivity index (χ4v) is 4.73. The number of fused-ring (bicyclic) bond motifs is 4. The molecule has 138 valence electrons. The number of para-hydroxylation sites is 1. The summed E-state index contributed by atoms with van der Waals surface area (Å²) in [6.45, 7) is 4.16. The molecule has 0 spiro atoms. The molecule has 0 unspecified atom stereocenters. The van der Waals surface area contributed by atoms with Crippen LogP contribution in [-0.2, 0) is 13.0 Å². The second-order valence-corrected chi connectivity index (χ2v) is 7.99. The molecule has 2 aromatic carbocycles. The highest BCUT2D eigenvalue weighted by atomic mass is 32.1. The molecule has 0 amide bonds. The van der Waals surface area contributed by atoms with E-state index >= 15 is 0 Å². The topological polar surface area (TPSA) is 41.3 Å². The number of rotatable bonds is 6. The molecule has 0 saturated carbocycles. The molecule has 5 heteroatoms. The summed E-state index contributed by atoms with van der Waals surface area (Å²) in [5, 5.41) is 6.03. The summed E-state index contributed by atoms with van der Waals surface area (Å²) in [5.74, 6) is 2.19. The summed E-state index contributed by atoms with van der Waals surface area (Å²) in [6, 6.07) is 16.8. The molecule has 0 fully saturated rings. The molecule has 0 atom stereocenters. The maximum atomic E-state index is 6.08. The van der Waals surface area contributed by atoms with E-state index in [-0.39, 0.29) is 0 Å². The van der Waals surface area contributed by atoms with Crippen LogP contribution in [0.25, 0.3) is 21.1 Å². The molecule has 1 aliphatic rings. The van der Waals surface area contributed by atoms with Crippen LogP contribution in [0.1, 0.15) is 24.2 Å². The number of unbranched alkanes of at least 4 members (excludes halogenated alkanes) is 1. The third-order valence-electron chi connectivity index (χ3n) is 5.40. The van der Waals surface area contributed by atoms with Crippen molar-refractivity contribution < 1.29 is 4.42 Å². The molecular formula is C22H23N3OS. The summed E-state index contributed by atoms with van der Waals surface area (Å²) < 4.78 is 11.9. The average molecular weight is 378 g/mol. The Hall–Kier alpha value is -2.37. The minimum absolute atomic E-state index is 0.939. The monoisotopic (exact) mass is 377 g/mol. The van der Waals surface area contributed by atoms with Crippen molar-refractivity contribution in [1.82, 2.24) is 9.27 Å². The lowest BCUT2D eigenvalue weighted by molar-refractivity contribution is 0.228. The van der Waals surface area contributed by atoms with E-state index in [0.717, 1.165) is 56.2 Å². The van der Waals surface area contributed by atoms with Gasteiger partial charge in [0.25, 0.3) is 0 Å². The molecule has 4 nitrogen and oxygen atoms in total. The number of furan rings is 1. The molecule has 5 rings (SSSR count). The standard InChI is InChI=1S/C22H23N3OS/c1-3-9-19-16(7-1)17-11-14-25(15-20(17)26-19)13-6-5-12-23-22-18-8-2-4-10-21(18)27-24-22/h1-4,7-10H,5-6,11-15H2,(H,23,24). The van der Waals surface area contributed by atoms with E-state index in [1.165, 1.54) is 27.5 Å². The zero-order valence-corrected chi connectivity index (χ0v) is 16.1. The third kappa shape index (κ3) is 3.33. The average Bonchev–Trinajstić information content (AvgIpc) is 3.28. The Kier molecular flexibility index (Phi) is 4.56. The van der Waals surface area contributed by atoms with Gasteiger partial charge in [0.1, 0.15) is 17.2 Å². The quantitative estimate of drug-likeness (QED) is 0.463. The van der Waals surface area contributed by atoms with Crippen molar-refractivity contribution in [2.24, 2.45) is 0 Å². The largest absolute Gasteiger partial charge is 0.459 e. The smallest absolute Gasteiger partial charge is 0.147 e. The molecule has 1 N–H and O–H groups in total. The van der Waals surface area contributed by atoms with Crippen LogP contribution in [0.2, 0.25) is 0 Å². The third-order valence-corrected chi connectivity index (χ3v) is 6.22. The molecule has 2 aromatic heterocycles. The SMILES string of the molecule is c1ccc2c3c(oc2c1)CN(CCCCNc1nsc2ccccc12)CC3. The van der Waals surface area contributed by atoms with Crippen molar-refractivity contribution in [2.75, 3.05) is 25.0 Å². The number of nitrogens with zero attached hydrogens (tertiary/aromatic N) is 2. The van der Waals surface area contributed by atoms with Crippen molar-refractivity contribution in [3.63, 3.8) is 0 Å². The van der Waals surface area contributed by atoms with E-state index in [9.17, 15) is 0 Å². The molecule has 1 aliphatic heterocycles.